The Morgan fingerprint density at radius 2 is 1.80 bits per heavy atom. The van der Waals surface area contributed by atoms with E-state index in [4.69, 9.17) is 10.5 Å². The van der Waals surface area contributed by atoms with Crippen molar-refractivity contribution in [2.45, 2.75) is 51.0 Å². The third-order valence-corrected chi connectivity index (χ3v) is 2.69. The molecular formula is C11H19NO3. The molecular weight excluding hydrogens is 194 g/mol. The maximum absolute atomic E-state index is 11.3. The van der Waals surface area contributed by atoms with Crippen LogP contribution in [-0.4, -0.2) is 24.4 Å². The topological polar surface area (TPSA) is 69.4 Å². The van der Waals surface area contributed by atoms with E-state index in [2.05, 4.69) is 0 Å². The average Bonchev–Trinajstić information content (AvgIpc) is 2.27. The van der Waals surface area contributed by atoms with E-state index < -0.39 is 0 Å². The number of ketones is 1. The average molecular weight is 213 g/mol. The van der Waals surface area contributed by atoms with Gasteiger partial charge in [0.05, 0.1) is 13.0 Å². The zero-order valence-corrected chi connectivity index (χ0v) is 9.04. The smallest absolute Gasteiger partial charge is 0.306 e. The monoisotopic (exact) mass is 213 g/mol. The van der Waals surface area contributed by atoms with Crippen molar-refractivity contribution in [2.75, 3.05) is 6.54 Å². The summed E-state index contributed by atoms with van der Waals surface area (Å²) < 4.78 is 5.25. The zero-order chi connectivity index (χ0) is 11.1. The van der Waals surface area contributed by atoms with Crippen molar-refractivity contribution in [1.29, 1.82) is 0 Å². The summed E-state index contributed by atoms with van der Waals surface area (Å²) in [6, 6.07) is 0. The van der Waals surface area contributed by atoms with Crippen molar-refractivity contribution >= 4 is 11.8 Å². The summed E-state index contributed by atoms with van der Waals surface area (Å²) in [6.07, 6.45) is 5.92. The van der Waals surface area contributed by atoms with Crippen LogP contribution < -0.4 is 5.73 Å². The Labute approximate surface area is 90.2 Å². The van der Waals surface area contributed by atoms with Gasteiger partial charge in [0.2, 0.25) is 0 Å². The molecule has 1 aliphatic rings. The van der Waals surface area contributed by atoms with E-state index in [-0.39, 0.29) is 37.2 Å². The molecule has 1 fully saturated rings. The lowest BCUT2D eigenvalue weighted by Crippen LogP contribution is -2.22. The van der Waals surface area contributed by atoms with Crippen molar-refractivity contribution in [3.8, 4) is 0 Å². The lowest BCUT2D eigenvalue weighted by molar-refractivity contribution is -0.151. The maximum atomic E-state index is 11.3. The molecule has 0 aliphatic heterocycles. The second-order valence-electron chi connectivity index (χ2n) is 3.99. The van der Waals surface area contributed by atoms with Gasteiger partial charge in [-0.1, -0.05) is 6.42 Å². The minimum atomic E-state index is -0.260. The molecule has 0 unspecified atom stereocenters. The fourth-order valence-electron chi connectivity index (χ4n) is 1.77. The molecule has 86 valence electrons. The molecule has 0 aromatic carbocycles. The Kier molecular flexibility index (Phi) is 5.32. The van der Waals surface area contributed by atoms with Gasteiger partial charge in [0.15, 0.2) is 0 Å². The highest BCUT2D eigenvalue weighted by Crippen LogP contribution is 2.20. The van der Waals surface area contributed by atoms with Crippen molar-refractivity contribution < 1.29 is 14.3 Å². The van der Waals surface area contributed by atoms with Gasteiger partial charge < -0.3 is 10.5 Å². The van der Waals surface area contributed by atoms with Gasteiger partial charge in [-0.15, -0.1) is 0 Å². The fourth-order valence-corrected chi connectivity index (χ4v) is 1.77. The molecule has 0 amide bonds. The standard InChI is InChI=1S/C11H19NO3/c12-8-9(13)6-7-11(14)15-10-4-2-1-3-5-10/h10H,1-8,12H2. The maximum Gasteiger partial charge on any atom is 0.306 e. The molecule has 1 aliphatic carbocycles. The van der Waals surface area contributed by atoms with Gasteiger partial charge in [-0.05, 0) is 25.7 Å². The van der Waals surface area contributed by atoms with Crippen LogP contribution in [0, 0.1) is 0 Å². The van der Waals surface area contributed by atoms with Crippen LogP contribution in [0.25, 0.3) is 0 Å². The van der Waals surface area contributed by atoms with Crippen LogP contribution in [0.3, 0.4) is 0 Å². The van der Waals surface area contributed by atoms with Gasteiger partial charge in [-0.2, -0.15) is 0 Å². The summed E-state index contributed by atoms with van der Waals surface area (Å²) in [6.45, 7) is 0.0106. The third kappa shape index (κ3) is 4.93. The molecule has 0 radical (unpaired) electrons. The number of esters is 1. The highest BCUT2D eigenvalue weighted by Gasteiger charge is 2.17. The summed E-state index contributed by atoms with van der Waals surface area (Å²) in [5.41, 5.74) is 5.14. The van der Waals surface area contributed by atoms with E-state index in [1.165, 1.54) is 6.42 Å². The van der Waals surface area contributed by atoms with Crippen molar-refractivity contribution in [1.82, 2.24) is 0 Å². The summed E-state index contributed by atoms with van der Waals surface area (Å²) in [4.78, 5) is 22.2. The van der Waals surface area contributed by atoms with Gasteiger partial charge in [0.25, 0.3) is 0 Å². The minimum Gasteiger partial charge on any atom is -0.462 e. The first-order chi connectivity index (χ1) is 7.22. The Balaban J connectivity index is 2.14. The Bertz CT molecular complexity index is 222. The van der Waals surface area contributed by atoms with Gasteiger partial charge in [-0.25, -0.2) is 0 Å². The zero-order valence-electron chi connectivity index (χ0n) is 9.04. The van der Waals surface area contributed by atoms with Gasteiger partial charge in [0.1, 0.15) is 11.9 Å². The molecule has 4 heteroatoms. The van der Waals surface area contributed by atoms with E-state index in [1.54, 1.807) is 0 Å². The summed E-state index contributed by atoms with van der Waals surface area (Å²) >= 11 is 0. The number of nitrogens with two attached hydrogens (primary N) is 1. The lowest BCUT2D eigenvalue weighted by atomic mass is 9.98. The van der Waals surface area contributed by atoms with Crippen LogP contribution in [0.15, 0.2) is 0 Å². The predicted octanol–water partition coefficient (Wildman–Crippen LogP) is 1.17. The first-order valence-corrected chi connectivity index (χ1v) is 5.63. The molecule has 1 rings (SSSR count). The molecule has 15 heavy (non-hydrogen) atoms. The molecule has 0 spiro atoms. The SMILES string of the molecule is NCC(=O)CCC(=O)OC1CCCCC1. The van der Waals surface area contributed by atoms with E-state index in [9.17, 15) is 9.59 Å². The molecule has 4 nitrogen and oxygen atoms in total. The minimum absolute atomic E-state index is 0.0106. The Morgan fingerprint density at radius 3 is 2.40 bits per heavy atom. The second-order valence-corrected chi connectivity index (χ2v) is 3.99. The largest absolute Gasteiger partial charge is 0.462 e. The Morgan fingerprint density at radius 1 is 1.13 bits per heavy atom. The number of hydrogen-bond acceptors (Lipinski definition) is 4. The van der Waals surface area contributed by atoms with Crippen molar-refractivity contribution in [3.63, 3.8) is 0 Å². The predicted molar refractivity (Wildman–Crippen MR) is 56.3 cm³/mol. The number of carbonyl (C=O) groups is 2. The highest BCUT2D eigenvalue weighted by molar-refractivity contribution is 5.84. The van der Waals surface area contributed by atoms with Crippen molar-refractivity contribution in [3.05, 3.63) is 0 Å². The molecule has 0 aromatic heterocycles. The lowest BCUT2D eigenvalue weighted by Gasteiger charge is -2.21. The molecule has 0 aromatic rings. The summed E-state index contributed by atoms with van der Waals surface area (Å²) in [7, 11) is 0. The van der Waals surface area contributed by atoms with Crippen LogP contribution in [0.5, 0.6) is 0 Å². The molecule has 0 atom stereocenters. The van der Waals surface area contributed by atoms with Crippen LogP contribution in [0.1, 0.15) is 44.9 Å². The summed E-state index contributed by atoms with van der Waals surface area (Å²) in [5.74, 6) is -0.348. The first kappa shape index (κ1) is 12.2. The number of hydrogen-bond donors (Lipinski definition) is 1. The van der Waals surface area contributed by atoms with Crippen LogP contribution >= 0.6 is 0 Å². The number of Topliss-reactive ketones (excluding diaryl/α,β-unsaturated/α-hetero) is 1. The molecule has 0 heterocycles. The number of rotatable bonds is 5. The quantitative estimate of drug-likeness (QED) is 0.696. The molecule has 0 saturated heterocycles. The van der Waals surface area contributed by atoms with E-state index in [0.717, 1.165) is 25.7 Å². The van der Waals surface area contributed by atoms with Gasteiger partial charge in [0, 0.05) is 6.42 Å². The normalized spacial score (nSPS) is 17.4. The van der Waals surface area contributed by atoms with Gasteiger partial charge >= 0.3 is 5.97 Å². The molecule has 1 saturated carbocycles. The number of ether oxygens (including phenoxy) is 1. The van der Waals surface area contributed by atoms with E-state index in [1.807, 2.05) is 0 Å². The van der Waals surface area contributed by atoms with Crippen LogP contribution in [0.2, 0.25) is 0 Å². The van der Waals surface area contributed by atoms with Crippen molar-refractivity contribution in [2.24, 2.45) is 5.73 Å². The van der Waals surface area contributed by atoms with E-state index in [0.29, 0.717) is 0 Å². The highest BCUT2D eigenvalue weighted by atomic mass is 16.5. The third-order valence-electron chi connectivity index (χ3n) is 2.69. The van der Waals surface area contributed by atoms with Gasteiger partial charge in [-0.3, -0.25) is 9.59 Å². The van der Waals surface area contributed by atoms with Crippen LogP contribution in [0.4, 0.5) is 0 Å². The Hall–Kier alpha value is -0.900. The van der Waals surface area contributed by atoms with E-state index >= 15 is 0 Å². The summed E-state index contributed by atoms with van der Waals surface area (Å²) in [5, 5.41) is 0. The first-order valence-electron chi connectivity index (χ1n) is 5.63. The number of carbonyl (C=O) groups excluding carboxylic acids is 2. The molecule has 2 N–H and O–H groups in total. The van der Waals surface area contributed by atoms with Crippen LogP contribution in [-0.2, 0) is 14.3 Å². The second kappa shape index (κ2) is 6.56. The fraction of sp³-hybridized carbons (Fsp3) is 0.818. The molecule has 0 bridgehead atoms.